The summed E-state index contributed by atoms with van der Waals surface area (Å²) < 4.78 is 0. The van der Waals surface area contributed by atoms with E-state index in [4.69, 9.17) is 0 Å². The van der Waals surface area contributed by atoms with Crippen molar-refractivity contribution in [3.63, 3.8) is 0 Å². The van der Waals surface area contributed by atoms with Crippen molar-refractivity contribution in [2.75, 3.05) is 18.0 Å². The monoisotopic (exact) mass is 400 g/mol. The number of hydrogen-bond donors (Lipinski definition) is 1. The number of aryl methyl sites for hydroxylation is 2. The number of piperidine rings is 1. The van der Waals surface area contributed by atoms with E-state index in [9.17, 15) is 4.79 Å². The minimum atomic E-state index is -0.0272. The van der Waals surface area contributed by atoms with Gasteiger partial charge in [-0.2, -0.15) is 0 Å². The van der Waals surface area contributed by atoms with Gasteiger partial charge in [-0.05, 0) is 55.5 Å². The summed E-state index contributed by atoms with van der Waals surface area (Å²) in [5.41, 5.74) is 5.52. The molecule has 0 unspecified atom stereocenters. The van der Waals surface area contributed by atoms with Gasteiger partial charge in [0.1, 0.15) is 0 Å². The lowest BCUT2D eigenvalue weighted by Crippen LogP contribution is -2.43. The van der Waals surface area contributed by atoms with Crippen molar-refractivity contribution < 1.29 is 4.79 Å². The van der Waals surface area contributed by atoms with Crippen LogP contribution in [0.15, 0.2) is 60.7 Å². The molecule has 1 amide bonds. The van der Waals surface area contributed by atoms with Gasteiger partial charge in [0.15, 0.2) is 5.82 Å². The molecule has 0 radical (unpaired) electrons. The number of hydrogen-bond acceptors (Lipinski definition) is 4. The van der Waals surface area contributed by atoms with Crippen molar-refractivity contribution in [2.45, 2.75) is 33.2 Å². The molecule has 0 saturated carbocycles. The minimum absolute atomic E-state index is 0.0272. The minimum Gasteiger partial charge on any atom is -0.354 e. The number of benzene rings is 2. The summed E-state index contributed by atoms with van der Waals surface area (Å²) in [4.78, 5) is 14.9. The third kappa shape index (κ3) is 4.51. The Hall–Kier alpha value is -3.21. The van der Waals surface area contributed by atoms with Gasteiger partial charge in [-0.25, -0.2) is 0 Å². The molecule has 1 aliphatic rings. The third-order valence-corrected chi connectivity index (χ3v) is 5.90. The van der Waals surface area contributed by atoms with Crippen LogP contribution in [-0.4, -0.2) is 29.2 Å². The van der Waals surface area contributed by atoms with Crippen LogP contribution < -0.4 is 10.2 Å². The molecule has 1 aliphatic heterocycles. The highest BCUT2D eigenvalue weighted by molar-refractivity contribution is 5.79. The standard InChI is InChI=1S/C25H28N4O/c1-18-8-3-5-10-20(18)16-26-25(30)21-11-7-15-29(17-21)24-14-13-23(27-28-24)22-12-6-4-9-19(22)2/h3-6,8-10,12-14,21H,7,11,15-17H2,1-2H3,(H,26,30)/t21-/m0/s1. The summed E-state index contributed by atoms with van der Waals surface area (Å²) in [7, 11) is 0. The van der Waals surface area contributed by atoms with E-state index in [1.807, 2.05) is 36.4 Å². The van der Waals surface area contributed by atoms with E-state index in [1.165, 1.54) is 11.1 Å². The van der Waals surface area contributed by atoms with E-state index in [0.717, 1.165) is 42.0 Å². The van der Waals surface area contributed by atoms with Crippen LogP contribution in [0.1, 0.15) is 29.5 Å². The number of carbonyl (C=O) groups is 1. The SMILES string of the molecule is Cc1ccccc1CNC(=O)[C@H]1CCCN(c2ccc(-c3ccccc3C)nn2)C1. The van der Waals surface area contributed by atoms with E-state index in [0.29, 0.717) is 13.1 Å². The molecule has 0 aliphatic carbocycles. The quantitative estimate of drug-likeness (QED) is 0.694. The summed E-state index contributed by atoms with van der Waals surface area (Å²) in [6.07, 6.45) is 1.88. The largest absolute Gasteiger partial charge is 0.354 e. The average molecular weight is 401 g/mol. The maximum absolute atomic E-state index is 12.8. The number of rotatable bonds is 5. The summed E-state index contributed by atoms with van der Waals surface area (Å²) in [5.74, 6) is 0.928. The maximum atomic E-state index is 12.8. The second kappa shape index (κ2) is 9.08. The first-order valence-corrected chi connectivity index (χ1v) is 10.6. The van der Waals surface area contributed by atoms with Crippen molar-refractivity contribution in [3.05, 3.63) is 77.4 Å². The highest BCUT2D eigenvalue weighted by Crippen LogP contribution is 2.25. The van der Waals surface area contributed by atoms with Crippen LogP contribution in [0.2, 0.25) is 0 Å². The van der Waals surface area contributed by atoms with Crippen LogP contribution in [0.25, 0.3) is 11.3 Å². The molecular weight excluding hydrogens is 372 g/mol. The molecule has 5 nitrogen and oxygen atoms in total. The molecule has 1 atom stereocenters. The molecule has 30 heavy (non-hydrogen) atoms. The lowest BCUT2D eigenvalue weighted by atomic mass is 9.97. The van der Waals surface area contributed by atoms with Gasteiger partial charge in [0.25, 0.3) is 0 Å². The van der Waals surface area contributed by atoms with Crippen LogP contribution in [0.3, 0.4) is 0 Å². The van der Waals surface area contributed by atoms with Gasteiger partial charge in [0.05, 0.1) is 11.6 Å². The Morgan fingerprint density at radius 3 is 2.50 bits per heavy atom. The zero-order valence-corrected chi connectivity index (χ0v) is 17.6. The fourth-order valence-electron chi connectivity index (χ4n) is 4.03. The lowest BCUT2D eigenvalue weighted by Gasteiger charge is -2.32. The molecule has 1 fully saturated rings. The van der Waals surface area contributed by atoms with Crippen molar-refractivity contribution in [3.8, 4) is 11.3 Å². The number of anilines is 1. The van der Waals surface area contributed by atoms with E-state index < -0.39 is 0 Å². The highest BCUT2D eigenvalue weighted by Gasteiger charge is 2.26. The summed E-state index contributed by atoms with van der Waals surface area (Å²) in [5, 5.41) is 12.0. The number of nitrogens with one attached hydrogen (secondary N) is 1. The van der Waals surface area contributed by atoms with Gasteiger partial charge in [-0.15, -0.1) is 10.2 Å². The van der Waals surface area contributed by atoms with Gasteiger partial charge in [-0.3, -0.25) is 4.79 Å². The van der Waals surface area contributed by atoms with Crippen molar-refractivity contribution in [1.82, 2.24) is 15.5 Å². The zero-order chi connectivity index (χ0) is 20.9. The van der Waals surface area contributed by atoms with Crippen LogP contribution in [0, 0.1) is 19.8 Å². The summed E-state index contributed by atoms with van der Waals surface area (Å²) >= 11 is 0. The van der Waals surface area contributed by atoms with Gasteiger partial charge in [0.2, 0.25) is 5.91 Å². The molecule has 3 aromatic rings. The lowest BCUT2D eigenvalue weighted by molar-refractivity contribution is -0.125. The van der Waals surface area contributed by atoms with Crippen LogP contribution in [0.4, 0.5) is 5.82 Å². The fourth-order valence-corrected chi connectivity index (χ4v) is 4.03. The number of aromatic nitrogens is 2. The molecule has 1 N–H and O–H groups in total. The van der Waals surface area contributed by atoms with Crippen LogP contribution in [0.5, 0.6) is 0 Å². The van der Waals surface area contributed by atoms with E-state index in [2.05, 4.69) is 58.5 Å². The van der Waals surface area contributed by atoms with Gasteiger partial charge >= 0.3 is 0 Å². The molecule has 0 bridgehead atoms. The third-order valence-electron chi connectivity index (χ3n) is 5.90. The average Bonchev–Trinajstić information content (AvgIpc) is 2.79. The summed E-state index contributed by atoms with van der Waals surface area (Å²) in [6.45, 7) is 6.31. The highest BCUT2D eigenvalue weighted by atomic mass is 16.1. The molecule has 4 rings (SSSR count). The Kier molecular flexibility index (Phi) is 6.07. The van der Waals surface area contributed by atoms with Gasteiger partial charge < -0.3 is 10.2 Å². The zero-order valence-electron chi connectivity index (χ0n) is 17.6. The van der Waals surface area contributed by atoms with Crippen molar-refractivity contribution in [1.29, 1.82) is 0 Å². The first kappa shape index (κ1) is 20.1. The molecule has 1 aromatic heterocycles. The molecule has 2 heterocycles. The fraction of sp³-hybridized carbons (Fsp3) is 0.320. The first-order valence-electron chi connectivity index (χ1n) is 10.6. The predicted octanol–water partition coefficient (Wildman–Crippen LogP) is 4.29. The number of carbonyl (C=O) groups excluding carboxylic acids is 1. The molecule has 154 valence electrons. The van der Waals surface area contributed by atoms with Crippen LogP contribution >= 0.6 is 0 Å². The Morgan fingerprint density at radius 2 is 1.77 bits per heavy atom. The Morgan fingerprint density at radius 1 is 1.00 bits per heavy atom. The topological polar surface area (TPSA) is 58.1 Å². The molecule has 1 saturated heterocycles. The summed E-state index contributed by atoms with van der Waals surface area (Å²) in [6, 6.07) is 20.4. The van der Waals surface area contributed by atoms with Gasteiger partial charge in [-0.1, -0.05) is 48.5 Å². The molecule has 0 spiro atoms. The number of amides is 1. The van der Waals surface area contributed by atoms with E-state index >= 15 is 0 Å². The second-order valence-corrected chi connectivity index (χ2v) is 8.02. The Balaban J connectivity index is 1.39. The van der Waals surface area contributed by atoms with Crippen LogP contribution in [-0.2, 0) is 11.3 Å². The van der Waals surface area contributed by atoms with Crippen molar-refractivity contribution in [2.24, 2.45) is 5.92 Å². The molecular formula is C25H28N4O. The molecule has 5 heteroatoms. The normalized spacial score (nSPS) is 16.3. The first-order chi connectivity index (χ1) is 14.6. The second-order valence-electron chi connectivity index (χ2n) is 8.02. The molecule has 2 aromatic carbocycles. The van der Waals surface area contributed by atoms with E-state index in [-0.39, 0.29) is 11.8 Å². The van der Waals surface area contributed by atoms with E-state index in [1.54, 1.807) is 0 Å². The van der Waals surface area contributed by atoms with Crippen molar-refractivity contribution >= 4 is 11.7 Å². The maximum Gasteiger partial charge on any atom is 0.225 e. The Labute approximate surface area is 178 Å². The Bertz CT molecular complexity index is 1020. The van der Waals surface area contributed by atoms with Gasteiger partial charge in [0, 0.05) is 25.2 Å². The smallest absolute Gasteiger partial charge is 0.225 e. The predicted molar refractivity (Wildman–Crippen MR) is 120 cm³/mol. The number of nitrogens with zero attached hydrogens (tertiary/aromatic N) is 3.